The van der Waals surface area contributed by atoms with E-state index in [1.807, 2.05) is 0 Å². The van der Waals surface area contributed by atoms with Crippen molar-refractivity contribution in [3.05, 3.63) is 50.1 Å². The smallest absolute Gasteiger partial charge is 0.339 e. The molecule has 2 aromatic rings. The molecule has 0 spiro atoms. The minimum absolute atomic E-state index is 0.0605. The zero-order valence-electron chi connectivity index (χ0n) is 10.5. The summed E-state index contributed by atoms with van der Waals surface area (Å²) in [4.78, 5) is 23.8. The first-order chi connectivity index (χ1) is 9.97. The number of benzene rings is 1. The van der Waals surface area contributed by atoms with Gasteiger partial charge < -0.3 is 15.7 Å². The van der Waals surface area contributed by atoms with E-state index >= 15 is 0 Å². The van der Waals surface area contributed by atoms with Gasteiger partial charge in [0.15, 0.2) is 0 Å². The summed E-state index contributed by atoms with van der Waals surface area (Å²) in [7, 11) is 0. The molecule has 1 heterocycles. The molecule has 3 N–H and O–H groups in total. The normalized spacial score (nSPS) is 10.2. The van der Waals surface area contributed by atoms with Gasteiger partial charge in [0.1, 0.15) is 5.56 Å². The highest BCUT2D eigenvalue weighted by Gasteiger charge is 2.16. The fourth-order valence-electron chi connectivity index (χ4n) is 1.63. The van der Waals surface area contributed by atoms with Gasteiger partial charge in [-0.15, -0.1) is 11.3 Å². The number of urea groups is 1. The van der Waals surface area contributed by atoms with Gasteiger partial charge in [-0.05, 0) is 24.3 Å². The Morgan fingerprint density at radius 2 is 1.95 bits per heavy atom. The number of carboxylic acids is 1. The van der Waals surface area contributed by atoms with Crippen LogP contribution in [-0.4, -0.2) is 17.1 Å². The molecule has 0 unspecified atom stereocenters. The Bertz CT molecular complexity index is 688. The number of rotatable bonds is 4. The average molecular weight is 345 g/mol. The van der Waals surface area contributed by atoms with Crippen LogP contribution in [0.1, 0.15) is 15.2 Å². The van der Waals surface area contributed by atoms with E-state index in [1.165, 1.54) is 23.5 Å². The van der Waals surface area contributed by atoms with Crippen LogP contribution in [0.4, 0.5) is 10.5 Å². The van der Waals surface area contributed by atoms with E-state index in [0.717, 1.165) is 4.88 Å². The third-order valence-corrected chi connectivity index (χ3v) is 4.07. The van der Waals surface area contributed by atoms with E-state index in [0.29, 0.717) is 10.9 Å². The molecule has 110 valence electrons. The molecule has 0 bridgehead atoms. The predicted octanol–water partition coefficient (Wildman–Crippen LogP) is 4.07. The van der Waals surface area contributed by atoms with Gasteiger partial charge in [0.05, 0.1) is 21.6 Å². The predicted molar refractivity (Wildman–Crippen MR) is 83.6 cm³/mol. The van der Waals surface area contributed by atoms with Crippen LogP contribution in [0, 0.1) is 0 Å². The number of amides is 2. The van der Waals surface area contributed by atoms with Gasteiger partial charge in [0.25, 0.3) is 0 Å². The van der Waals surface area contributed by atoms with Crippen molar-refractivity contribution in [2.45, 2.75) is 6.54 Å². The van der Waals surface area contributed by atoms with Crippen molar-refractivity contribution in [3.63, 3.8) is 0 Å². The summed E-state index contributed by atoms with van der Waals surface area (Å²) in [5.74, 6) is -1.21. The van der Waals surface area contributed by atoms with Crippen molar-refractivity contribution in [2.24, 2.45) is 0 Å². The second-order valence-corrected chi connectivity index (χ2v) is 6.19. The van der Waals surface area contributed by atoms with Crippen LogP contribution in [0.25, 0.3) is 0 Å². The van der Waals surface area contributed by atoms with Gasteiger partial charge in [0, 0.05) is 4.88 Å². The molecule has 0 fully saturated rings. The van der Waals surface area contributed by atoms with Crippen LogP contribution in [0.15, 0.2) is 30.3 Å². The standard InChI is InChI=1S/C13H10Cl2N2O3S/c14-8-2-1-3-9(11(8)12(18)19)17-13(20)16-6-7-4-5-10(15)21-7/h1-5H,6H2,(H,18,19)(H2,16,17,20). The van der Waals surface area contributed by atoms with Crippen LogP contribution in [0.3, 0.4) is 0 Å². The summed E-state index contributed by atoms with van der Waals surface area (Å²) in [6, 6.07) is 7.49. The van der Waals surface area contributed by atoms with Crippen LogP contribution in [0.5, 0.6) is 0 Å². The number of nitrogens with one attached hydrogen (secondary N) is 2. The third-order valence-electron chi connectivity index (χ3n) is 2.53. The summed E-state index contributed by atoms with van der Waals surface area (Å²) in [5, 5.41) is 14.2. The molecule has 5 nitrogen and oxygen atoms in total. The minimum atomic E-state index is -1.21. The lowest BCUT2D eigenvalue weighted by Gasteiger charge is -2.10. The molecule has 0 atom stereocenters. The quantitative estimate of drug-likeness (QED) is 0.781. The Hall–Kier alpha value is -1.76. The van der Waals surface area contributed by atoms with E-state index < -0.39 is 12.0 Å². The van der Waals surface area contributed by atoms with E-state index in [-0.39, 0.29) is 16.3 Å². The summed E-state index contributed by atoms with van der Waals surface area (Å²) >= 11 is 13.0. The summed E-state index contributed by atoms with van der Waals surface area (Å²) < 4.78 is 0.634. The molecule has 0 aliphatic rings. The molecule has 0 saturated carbocycles. The van der Waals surface area contributed by atoms with Gasteiger partial charge >= 0.3 is 12.0 Å². The van der Waals surface area contributed by atoms with Crippen LogP contribution >= 0.6 is 34.5 Å². The van der Waals surface area contributed by atoms with Crippen molar-refractivity contribution < 1.29 is 14.7 Å². The van der Waals surface area contributed by atoms with Gasteiger partial charge in [-0.25, -0.2) is 9.59 Å². The van der Waals surface area contributed by atoms with E-state index in [9.17, 15) is 9.59 Å². The van der Waals surface area contributed by atoms with E-state index in [2.05, 4.69) is 10.6 Å². The molecule has 0 radical (unpaired) electrons. The van der Waals surface area contributed by atoms with Crippen LogP contribution in [-0.2, 0) is 6.54 Å². The molecule has 0 aliphatic heterocycles. The number of carbonyl (C=O) groups excluding carboxylic acids is 1. The number of carbonyl (C=O) groups is 2. The molecule has 0 saturated heterocycles. The average Bonchev–Trinajstić information content (AvgIpc) is 2.82. The van der Waals surface area contributed by atoms with Gasteiger partial charge in [-0.1, -0.05) is 29.3 Å². The van der Waals surface area contributed by atoms with E-state index in [4.69, 9.17) is 28.3 Å². The lowest BCUT2D eigenvalue weighted by molar-refractivity contribution is 0.0698. The zero-order valence-corrected chi connectivity index (χ0v) is 12.9. The number of carboxylic acid groups (broad SMARTS) is 1. The number of hydrogen-bond donors (Lipinski definition) is 3. The lowest BCUT2D eigenvalue weighted by Crippen LogP contribution is -2.28. The first-order valence-corrected chi connectivity index (χ1v) is 7.35. The molecule has 8 heteroatoms. The molecule has 21 heavy (non-hydrogen) atoms. The Labute approximate surface area is 134 Å². The Morgan fingerprint density at radius 1 is 1.19 bits per heavy atom. The topological polar surface area (TPSA) is 78.4 Å². The summed E-state index contributed by atoms with van der Waals surface area (Å²) in [6.45, 7) is 0.298. The number of halogens is 2. The SMILES string of the molecule is O=C(NCc1ccc(Cl)s1)Nc1cccc(Cl)c1C(=O)O. The van der Waals surface area contributed by atoms with Gasteiger partial charge in [-0.3, -0.25) is 0 Å². The minimum Gasteiger partial charge on any atom is -0.478 e. The first-order valence-electron chi connectivity index (χ1n) is 5.78. The Kier molecular flexibility index (Phi) is 5.06. The number of hydrogen-bond acceptors (Lipinski definition) is 3. The molecular weight excluding hydrogens is 335 g/mol. The van der Waals surface area contributed by atoms with Crippen LogP contribution in [0.2, 0.25) is 9.36 Å². The number of aromatic carboxylic acids is 1. The Morgan fingerprint density at radius 3 is 2.57 bits per heavy atom. The second kappa shape index (κ2) is 6.80. The monoisotopic (exact) mass is 344 g/mol. The first kappa shape index (κ1) is 15.6. The summed E-state index contributed by atoms with van der Waals surface area (Å²) in [5.41, 5.74) is -0.00908. The fourth-order valence-corrected chi connectivity index (χ4v) is 2.91. The number of thiophene rings is 1. The molecule has 2 amide bonds. The maximum atomic E-state index is 11.8. The van der Waals surface area contributed by atoms with Crippen molar-refractivity contribution in [3.8, 4) is 0 Å². The van der Waals surface area contributed by atoms with Crippen molar-refractivity contribution in [2.75, 3.05) is 5.32 Å². The summed E-state index contributed by atoms with van der Waals surface area (Å²) in [6.07, 6.45) is 0. The fraction of sp³-hybridized carbons (Fsp3) is 0.0769. The molecule has 1 aromatic carbocycles. The molecule has 2 rings (SSSR count). The maximum Gasteiger partial charge on any atom is 0.339 e. The highest BCUT2D eigenvalue weighted by molar-refractivity contribution is 7.16. The third kappa shape index (κ3) is 4.10. The van der Waals surface area contributed by atoms with Crippen molar-refractivity contribution >= 4 is 52.2 Å². The zero-order chi connectivity index (χ0) is 15.4. The van der Waals surface area contributed by atoms with E-state index in [1.54, 1.807) is 18.2 Å². The highest BCUT2D eigenvalue weighted by Crippen LogP contribution is 2.24. The molecular formula is C13H10Cl2N2O3S. The molecule has 1 aromatic heterocycles. The van der Waals surface area contributed by atoms with Gasteiger partial charge in [-0.2, -0.15) is 0 Å². The van der Waals surface area contributed by atoms with Crippen LogP contribution < -0.4 is 10.6 Å². The lowest BCUT2D eigenvalue weighted by atomic mass is 10.2. The molecule has 0 aliphatic carbocycles. The van der Waals surface area contributed by atoms with Gasteiger partial charge in [0.2, 0.25) is 0 Å². The van der Waals surface area contributed by atoms with Crippen molar-refractivity contribution in [1.29, 1.82) is 0 Å². The Balaban J connectivity index is 2.03. The highest BCUT2D eigenvalue weighted by atomic mass is 35.5. The number of anilines is 1. The second-order valence-electron chi connectivity index (χ2n) is 3.98. The van der Waals surface area contributed by atoms with Crippen molar-refractivity contribution in [1.82, 2.24) is 5.32 Å². The largest absolute Gasteiger partial charge is 0.478 e. The maximum absolute atomic E-state index is 11.8.